The molecule has 10 N–H and O–H groups in total. The lowest BCUT2D eigenvalue weighted by atomic mass is 9.64. The van der Waals surface area contributed by atoms with Crippen molar-refractivity contribution in [2.75, 3.05) is 11.8 Å². The molecule has 2 aliphatic carbocycles. The predicted octanol–water partition coefficient (Wildman–Crippen LogP) is 0.136. The lowest BCUT2D eigenvalue weighted by molar-refractivity contribution is -0.238. The Labute approximate surface area is 272 Å². The number of ether oxygens (including phenoxy) is 1. The number of carboxylic acids is 1. The number of nitrogens with one attached hydrogen (secondary N) is 2. The Balaban J connectivity index is 0.000000300. The molecule has 256 valence electrons. The number of rotatable bonds is 9. The van der Waals surface area contributed by atoms with Crippen molar-refractivity contribution in [3.05, 3.63) is 24.3 Å². The normalized spacial score (nSPS) is 39.3. The van der Waals surface area contributed by atoms with E-state index in [1.54, 1.807) is 13.0 Å². The summed E-state index contributed by atoms with van der Waals surface area (Å²) in [6.45, 7) is 3.01. The topological polar surface area (TPSA) is 245 Å². The lowest BCUT2D eigenvalue weighted by Gasteiger charge is -2.54. The van der Waals surface area contributed by atoms with Crippen molar-refractivity contribution in [3.63, 3.8) is 0 Å². The van der Waals surface area contributed by atoms with Crippen molar-refractivity contribution in [1.29, 1.82) is 0 Å². The van der Waals surface area contributed by atoms with E-state index in [4.69, 9.17) is 27.9 Å². The minimum atomic E-state index is -2.13. The Morgan fingerprint density at radius 2 is 1.40 bits per heavy atom. The van der Waals surface area contributed by atoms with Crippen LogP contribution in [0.15, 0.2) is 24.3 Å². The van der Waals surface area contributed by atoms with Crippen LogP contribution >= 0.6 is 23.2 Å². The molecule has 0 unspecified atom stereocenters. The maximum Gasteiger partial charge on any atom is 0.339 e. The van der Waals surface area contributed by atoms with E-state index in [0.717, 1.165) is 32.1 Å². The molecule has 0 aromatic rings. The zero-order valence-electron chi connectivity index (χ0n) is 25.4. The van der Waals surface area contributed by atoms with Crippen molar-refractivity contribution in [2.24, 2.45) is 23.7 Å². The third-order valence-corrected chi connectivity index (χ3v) is 10.7. The van der Waals surface area contributed by atoms with Gasteiger partial charge in [-0.1, -0.05) is 24.3 Å². The van der Waals surface area contributed by atoms with Crippen molar-refractivity contribution < 1.29 is 55.3 Å². The first-order chi connectivity index (χ1) is 20.3. The lowest BCUT2D eigenvalue weighted by Crippen LogP contribution is -2.80. The molecular weight excluding hydrogens is 635 g/mol. The summed E-state index contributed by atoms with van der Waals surface area (Å²) < 4.78 is 5.34. The van der Waals surface area contributed by atoms with Crippen molar-refractivity contribution >= 4 is 47.0 Å². The van der Waals surface area contributed by atoms with E-state index >= 15 is 0 Å². The number of aliphatic carboxylic acids is 1. The molecule has 0 aromatic heterocycles. The van der Waals surface area contributed by atoms with E-state index in [1.165, 1.54) is 6.92 Å². The first kappa shape index (κ1) is 38.9. The van der Waals surface area contributed by atoms with Gasteiger partial charge in [0.15, 0.2) is 11.1 Å². The Morgan fingerprint density at radius 1 is 0.911 bits per heavy atom. The van der Waals surface area contributed by atoms with Gasteiger partial charge < -0.3 is 46.7 Å². The molecule has 0 aromatic carbocycles. The standard InChI is InChI=1S/C15H22ClNO5.C15H20ClNO4.2H2O/c1-14(22)10(7-8-16)12(19)17-15(14,13(20)21)11(18)9-5-3-2-4-6-9;1-14-10(7-8-16)12(19)17-15(14,13(20)21-14)11(18)9-5-3-2-4-6-9;;/h3,5,9-11,18,22H,2,4,6-8H2,1H3,(H,17,19)(H,20,21);3,5,9-11,18H,2,4,6-8H2,1H3,(H,17,19);2*1H2/t2*9-,10+,11+,14+,15+;;/m11../s1. The van der Waals surface area contributed by atoms with E-state index in [9.17, 15) is 39.6 Å². The summed E-state index contributed by atoms with van der Waals surface area (Å²) in [5, 5.41) is 47.1. The molecule has 0 bridgehead atoms. The van der Waals surface area contributed by atoms with E-state index in [0.29, 0.717) is 18.7 Å². The van der Waals surface area contributed by atoms with Crippen LogP contribution < -0.4 is 10.6 Å². The number of aliphatic hydroxyl groups excluding tert-OH is 2. The Hall–Kier alpha value is -2.26. The summed E-state index contributed by atoms with van der Waals surface area (Å²) >= 11 is 11.4. The van der Waals surface area contributed by atoms with Crippen molar-refractivity contribution in [3.8, 4) is 0 Å². The maximum absolute atomic E-state index is 12.2. The van der Waals surface area contributed by atoms with E-state index in [2.05, 4.69) is 10.6 Å². The molecule has 15 heteroatoms. The highest BCUT2D eigenvalue weighted by Gasteiger charge is 2.79. The number of hydrogen-bond acceptors (Lipinski definition) is 8. The van der Waals surface area contributed by atoms with Gasteiger partial charge >= 0.3 is 11.9 Å². The van der Waals surface area contributed by atoms with Gasteiger partial charge in [-0.2, -0.15) is 0 Å². The number of hydrogen-bond donors (Lipinski definition) is 6. The molecule has 2 amide bonds. The molecule has 5 aliphatic rings. The molecule has 10 atom stereocenters. The van der Waals surface area contributed by atoms with Crippen LogP contribution in [-0.2, 0) is 23.9 Å². The number of carbonyl (C=O) groups excluding carboxylic acids is 3. The average molecular weight is 682 g/mol. The van der Waals surface area contributed by atoms with Crippen LogP contribution in [0, 0.1) is 23.7 Å². The van der Waals surface area contributed by atoms with Gasteiger partial charge in [0.2, 0.25) is 17.4 Å². The summed E-state index contributed by atoms with van der Waals surface area (Å²) in [7, 11) is 0. The summed E-state index contributed by atoms with van der Waals surface area (Å²) in [6, 6.07) is 0. The second-order valence-corrected chi connectivity index (χ2v) is 13.3. The largest absolute Gasteiger partial charge is 0.479 e. The maximum atomic E-state index is 12.2. The van der Waals surface area contributed by atoms with E-state index in [-0.39, 0.29) is 35.1 Å². The highest BCUT2D eigenvalue weighted by atomic mass is 35.5. The van der Waals surface area contributed by atoms with Crippen LogP contribution in [0.4, 0.5) is 0 Å². The third-order valence-electron chi connectivity index (χ3n) is 10.2. The number of alkyl halides is 2. The molecule has 13 nitrogen and oxygen atoms in total. The minimum absolute atomic E-state index is 0. The second kappa shape index (κ2) is 14.7. The number of carbonyl (C=O) groups is 4. The Bertz CT molecular complexity index is 1180. The molecule has 3 heterocycles. The van der Waals surface area contributed by atoms with Gasteiger partial charge in [-0.3, -0.25) is 9.59 Å². The predicted molar refractivity (Wildman–Crippen MR) is 164 cm³/mol. The van der Waals surface area contributed by atoms with Gasteiger partial charge in [-0.25, -0.2) is 9.59 Å². The minimum Gasteiger partial charge on any atom is -0.479 e. The van der Waals surface area contributed by atoms with Gasteiger partial charge in [0.05, 0.1) is 24.0 Å². The van der Waals surface area contributed by atoms with Gasteiger partial charge in [0.25, 0.3) is 0 Å². The Morgan fingerprint density at radius 3 is 1.84 bits per heavy atom. The van der Waals surface area contributed by atoms with Gasteiger partial charge in [-0.05, 0) is 65.2 Å². The fourth-order valence-corrected chi connectivity index (χ4v) is 8.08. The van der Waals surface area contributed by atoms with Crippen LogP contribution in [0.3, 0.4) is 0 Å². The first-order valence-corrected chi connectivity index (χ1v) is 16.0. The highest BCUT2D eigenvalue weighted by Crippen LogP contribution is 2.53. The van der Waals surface area contributed by atoms with Crippen LogP contribution in [0.2, 0.25) is 0 Å². The molecular formula is C30H46Cl2N2O11. The zero-order chi connectivity index (χ0) is 31.8. The second-order valence-electron chi connectivity index (χ2n) is 12.5. The number of esters is 1. The fourth-order valence-electron chi connectivity index (χ4n) is 7.64. The number of amides is 2. The first-order valence-electron chi connectivity index (χ1n) is 14.9. The Kier molecular flexibility index (Phi) is 12.7. The summed E-state index contributed by atoms with van der Waals surface area (Å²) in [5.74, 6) is -4.44. The zero-order valence-corrected chi connectivity index (χ0v) is 26.9. The molecule has 0 spiro atoms. The van der Waals surface area contributed by atoms with E-state index in [1.807, 2.05) is 18.2 Å². The molecule has 3 saturated heterocycles. The quantitative estimate of drug-likeness (QED) is 0.110. The molecule has 0 radical (unpaired) electrons. The molecule has 3 fully saturated rings. The van der Waals surface area contributed by atoms with Crippen LogP contribution in [0.25, 0.3) is 0 Å². The van der Waals surface area contributed by atoms with Gasteiger partial charge in [0.1, 0.15) is 5.60 Å². The number of fused-ring (bicyclic) bond motifs is 1. The SMILES string of the molecule is C[C@@]12OC(=O)[C@]1([C@@H](O)[C@@H]1C=CCCC1)NC(=O)[C@@H]2CCCl.C[C@]1(O)[C@@H](CCCl)C(=O)N[C@]1(C(=O)O)[C@@H](O)[C@@H]1C=CCCC1.O.O. The number of allylic oxidation sites excluding steroid dienone is 2. The molecule has 45 heavy (non-hydrogen) atoms. The summed E-state index contributed by atoms with van der Waals surface area (Å²) in [6.07, 6.45) is 10.9. The fraction of sp³-hybridized carbons (Fsp3) is 0.733. The van der Waals surface area contributed by atoms with Gasteiger partial charge in [0, 0.05) is 23.6 Å². The summed E-state index contributed by atoms with van der Waals surface area (Å²) in [4.78, 5) is 48.5. The van der Waals surface area contributed by atoms with Crippen LogP contribution in [0.1, 0.15) is 65.2 Å². The van der Waals surface area contributed by atoms with Crippen LogP contribution in [0.5, 0.6) is 0 Å². The number of halogens is 2. The molecule has 5 rings (SSSR count). The van der Waals surface area contributed by atoms with Crippen LogP contribution in [-0.4, -0.2) is 101 Å². The summed E-state index contributed by atoms with van der Waals surface area (Å²) in [5.41, 5.74) is -6.41. The molecule has 3 aliphatic heterocycles. The van der Waals surface area contributed by atoms with Crippen molar-refractivity contribution in [2.45, 2.75) is 99.7 Å². The smallest absolute Gasteiger partial charge is 0.339 e. The average Bonchev–Trinajstić information content (AvgIpc) is 3.30. The highest BCUT2D eigenvalue weighted by molar-refractivity contribution is 6.18. The monoisotopic (exact) mass is 680 g/mol. The van der Waals surface area contributed by atoms with Crippen molar-refractivity contribution in [1.82, 2.24) is 10.6 Å². The van der Waals surface area contributed by atoms with Gasteiger partial charge in [-0.15, -0.1) is 23.2 Å². The third kappa shape index (κ3) is 6.01. The van der Waals surface area contributed by atoms with E-state index < -0.39 is 70.1 Å². The number of aliphatic hydroxyl groups is 3. The molecule has 0 saturated carbocycles. The number of carboxylic acid groups (broad SMARTS) is 1.